The average molecular weight is 260 g/mol. The van der Waals surface area contributed by atoms with Crippen molar-refractivity contribution in [3.8, 4) is 0 Å². The van der Waals surface area contributed by atoms with Crippen molar-refractivity contribution in [3.05, 3.63) is 0 Å². The second-order valence-electron chi connectivity index (χ2n) is 5.20. The molecule has 1 aliphatic heterocycles. The molecule has 0 aliphatic carbocycles. The SMILES string of the molecule is [B]C1OCC(C(C)C)C1OP(C)(=O)OC(C)C. The summed E-state index contributed by atoms with van der Waals surface area (Å²) in [5.74, 6) is 0.529. The average Bonchev–Trinajstić information content (AvgIpc) is 2.44. The molecule has 0 bridgehead atoms. The van der Waals surface area contributed by atoms with E-state index in [9.17, 15) is 4.57 Å². The van der Waals surface area contributed by atoms with E-state index in [0.29, 0.717) is 12.5 Å². The molecule has 0 saturated carbocycles. The Morgan fingerprint density at radius 1 is 1.35 bits per heavy atom. The molecule has 4 atom stereocenters. The molecule has 0 amide bonds. The van der Waals surface area contributed by atoms with Gasteiger partial charge < -0.3 is 13.8 Å². The number of hydrogen-bond donors (Lipinski definition) is 0. The van der Waals surface area contributed by atoms with Crippen LogP contribution in [0.4, 0.5) is 0 Å². The van der Waals surface area contributed by atoms with Gasteiger partial charge in [0.05, 0.1) is 18.8 Å². The van der Waals surface area contributed by atoms with E-state index in [1.807, 2.05) is 13.8 Å². The molecule has 4 unspecified atom stereocenters. The van der Waals surface area contributed by atoms with Crippen LogP contribution in [0.2, 0.25) is 0 Å². The standard InChI is InChI=1S/C11H22BO4P/c1-7(2)9-6-14-11(12)10(9)16-17(5,13)15-8(3)4/h7-11H,6H2,1-5H3. The molecule has 0 N–H and O–H groups in total. The van der Waals surface area contributed by atoms with E-state index < -0.39 is 13.6 Å². The quantitative estimate of drug-likeness (QED) is 0.562. The zero-order valence-electron chi connectivity index (χ0n) is 11.3. The van der Waals surface area contributed by atoms with E-state index in [0.717, 1.165) is 0 Å². The zero-order chi connectivity index (χ0) is 13.2. The summed E-state index contributed by atoms with van der Waals surface area (Å²) in [5, 5.41) is 0. The van der Waals surface area contributed by atoms with Crippen molar-refractivity contribution in [2.45, 2.75) is 45.9 Å². The topological polar surface area (TPSA) is 44.8 Å². The van der Waals surface area contributed by atoms with Gasteiger partial charge in [-0.1, -0.05) is 13.8 Å². The van der Waals surface area contributed by atoms with Crippen molar-refractivity contribution in [2.24, 2.45) is 11.8 Å². The van der Waals surface area contributed by atoms with Gasteiger partial charge in [-0.3, -0.25) is 4.57 Å². The normalized spacial score (nSPS) is 33.2. The van der Waals surface area contributed by atoms with Crippen molar-refractivity contribution < 1.29 is 18.3 Å². The van der Waals surface area contributed by atoms with Crippen molar-refractivity contribution in [3.63, 3.8) is 0 Å². The lowest BCUT2D eigenvalue weighted by Gasteiger charge is -2.27. The van der Waals surface area contributed by atoms with Gasteiger partial charge in [0.15, 0.2) is 0 Å². The molecule has 98 valence electrons. The van der Waals surface area contributed by atoms with Crippen LogP contribution in [0.3, 0.4) is 0 Å². The van der Waals surface area contributed by atoms with Gasteiger partial charge in [0.1, 0.15) is 7.85 Å². The van der Waals surface area contributed by atoms with Gasteiger partial charge in [0.2, 0.25) is 0 Å². The molecule has 4 nitrogen and oxygen atoms in total. The highest BCUT2D eigenvalue weighted by atomic mass is 31.2. The Morgan fingerprint density at radius 3 is 2.41 bits per heavy atom. The Hall–Kier alpha value is 0.175. The fraction of sp³-hybridized carbons (Fsp3) is 1.00. The lowest BCUT2D eigenvalue weighted by Crippen LogP contribution is -2.32. The summed E-state index contributed by atoms with van der Waals surface area (Å²) in [4.78, 5) is 0. The maximum atomic E-state index is 12.1. The summed E-state index contributed by atoms with van der Waals surface area (Å²) >= 11 is 0. The first-order valence-corrected chi connectivity index (χ1v) is 8.03. The first-order valence-electron chi connectivity index (χ1n) is 6.04. The minimum Gasteiger partial charge on any atom is -0.385 e. The van der Waals surface area contributed by atoms with Crippen LogP contribution in [0.15, 0.2) is 0 Å². The molecule has 6 heteroatoms. The molecule has 0 spiro atoms. The second kappa shape index (κ2) is 5.88. The van der Waals surface area contributed by atoms with Crippen LogP contribution in [0.1, 0.15) is 27.7 Å². The highest BCUT2D eigenvalue weighted by molar-refractivity contribution is 7.53. The molecular formula is C11H22BO4P. The first kappa shape index (κ1) is 15.2. The lowest BCUT2D eigenvalue weighted by molar-refractivity contribution is 0.0769. The number of rotatable bonds is 5. The highest BCUT2D eigenvalue weighted by Gasteiger charge is 2.40. The minimum atomic E-state index is -3.07. The molecule has 0 aromatic carbocycles. The largest absolute Gasteiger partial charge is 0.385 e. The number of hydrogen-bond acceptors (Lipinski definition) is 4. The van der Waals surface area contributed by atoms with E-state index in [4.69, 9.17) is 21.6 Å². The summed E-state index contributed by atoms with van der Waals surface area (Å²) in [6.07, 6.45) is -0.494. The maximum Gasteiger partial charge on any atom is 0.328 e. The Morgan fingerprint density at radius 2 is 1.94 bits per heavy atom. The predicted octanol–water partition coefficient (Wildman–Crippen LogP) is 2.42. The van der Waals surface area contributed by atoms with Gasteiger partial charge in [0.25, 0.3) is 0 Å². The zero-order valence-corrected chi connectivity index (χ0v) is 12.1. The Labute approximate surface area is 105 Å². The van der Waals surface area contributed by atoms with Crippen LogP contribution in [-0.4, -0.2) is 39.3 Å². The van der Waals surface area contributed by atoms with Gasteiger partial charge in [-0.15, -0.1) is 0 Å². The molecule has 1 saturated heterocycles. The minimum absolute atomic E-state index is 0.137. The van der Waals surface area contributed by atoms with Crippen LogP contribution >= 0.6 is 7.60 Å². The van der Waals surface area contributed by atoms with Crippen molar-refractivity contribution >= 4 is 15.4 Å². The molecule has 1 fully saturated rings. The predicted molar refractivity (Wildman–Crippen MR) is 68.4 cm³/mol. The smallest absolute Gasteiger partial charge is 0.328 e. The Bertz CT molecular complexity index is 295. The first-order chi connectivity index (χ1) is 7.73. The molecule has 1 rings (SSSR count). The van der Waals surface area contributed by atoms with E-state index in [-0.39, 0.29) is 18.1 Å². The van der Waals surface area contributed by atoms with Crippen LogP contribution in [0.5, 0.6) is 0 Å². The third kappa shape index (κ3) is 4.40. The van der Waals surface area contributed by atoms with Gasteiger partial charge in [-0.2, -0.15) is 0 Å². The fourth-order valence-corrected chi connectivity index (χ4v) is 3.53. The van der Waals surface area contributed by atoms with E-state index in [2.05, 4.69) is 13.8 Å². The molecule has 0 aromatic rings. The summed E-state index contributed by atoms with van der Waals surface area (Å²) in [6, 6.07) is -0.522. The van der Waals surface area contributed by atoms with Crippen molar-refractivity contribution in [1.82, 2.24) is 0 Å². The van der Waals surface area contributed by atoms with Gasteiger partial charge in [-0.05, 0) is 19.8 Å². The van der Waals surface area contributed by atoms with Crippen molar-refractivity contribution in [1.29, 1.82) is 0 Å². The summed E-state index contributed by atoms with van der Waals surface area (Å²) in [7, 11) is 2.75. The molecule has 2 radical (unpaired) electrons. The van der Waals surface area contributed by atoms with Crippen molar-refractivity contribution in [2.75, 3.05) is 13.3 Å². The van der Waals surface area contributed by atoms with Crippen LogP contribution < -0.4 is 0 Å². The van der Waals surface area contributed by atoms with Gasteiger partial charge in [-0.25, -0.2) is 0 Å². The van der Waals surface area contributed by atoms with Gasteiger partial charge >= 0.3 is 7.60 Å². The Balaban J connectivity index is 2.68. The third-order valence-electron chi connectivity index (χ3n) is 2.80. The van der Waals surface area contributed by atoms with Crippen LogP contribution in [-0.2, 0) is 18.3 Å². The monoisotopic (exact) mass is 260 g/mol. The summed E-state index contributed by atoms with van der Waals surface area (Å²) < 4.78 is 28.4. The molecule has 0 aromatic heterocycles. The maximum absolute atomic E-state index is 12.1. The molecule has 17 heavy (non-hydrogen) atoms. The van der Waals surface area contributed by atoms with E-state index in [1.165, 1.54) is 6.66 Å². The van der Waals surface area contributed by atoms with Gasteiger partial charge in [0, 0.05) is 18.6 Å². The number of ether oxygens (including phenoxy) is 1. The summed E-state index contributed by atoms with van der Waals surface area (Å²) in [5.41, 5.74) is 0. The second-order valence-corrected chi connectivity index (χ2v) is 7.17. The fourth-order valence-electron chi connectivity index (χ4n) is 1.99. The van der Waals surface area contributed by atoms with Crippen LogP contribution in [0.25, 0.3) is 0 Å². The van der Waals surface area contributed by atoms with Crippen LogP contribution in [0, 0.1) is 11.8 Å². The van der Waals surface area contributed by atoms with E-state index >= 15 is 0 Å². The third-order valence-corrected chi connectivity index (χ3v) is 4.23. The van der Waals surface area contributed by atoms with E-state index in [1.54, 1.807) is 0 Å². The molecule has 1 heterocycles. The highest BCUT2D eigenvalue weighted by Crippen LogP contribution is 2.49. The summed E-state index contributed by atoms with van der Waals surface area (Å²) in [6.45, 7) is 9.83. The molecular weight excluding hydrogens is 238 g/mol. The molecule has 1 aliphatic rings. The Kier molecular flexibility index (Phi) is 5.27. The lowest BCUT2D eigenvalue weighted by atomic mass is 9.84.